The van der Waals surface area contributed by atoms with E-state index in [1.54, 1.807) is 7.11 Å². The molecule has 1 aromatic carbocycles. The van der Waals surface area contributed by atoms with Crippen LogP contribution in [0.3, 0.4) is 0 Å². The first kappa shape index (κ1) is 12.9. The molecule has 0 heterocycles. The second-order valence-corrected chi connectivity index (χ2v) is 4.84. The highest BCUT2D eigenvalue weighted by atomic mass is 16.5. The minimum atomic E-state index is -0.250. The Labute approximate surface area is 108 Å². The van der Waals surface area contributed by atoms with E-state index in [0.29, 0.717) is 13.1 Å². The van der Waals surface area contributed by atoms with E-state index in [1.165, 1.54) is 5.56 Å². The highest BCUT2D eigenvalue weighted by Crippen LogP contribution is 2.44. The van der Waals surface area contributed by atoms with Crippen LogP contribution in [0.15, 0.2) is 24.3 Å². The van der Waals surface area contributed by atoms with Crippen molar-refractivity contribution in [2.75, 3.05) is 20.2 Å². The molecule has 0 bridgehead atoms. The summed E-state index contributed by atoms with van der Waals surface area (Å²) < 4.78 is 5.10. The third-order valence-corrected chi connectivity index (χ3v) is 3.58. The molecule has 0 aromatic heterocycles. The van der Waals surface area contributed by atoms with E-state index in [2.05, 4.69) is 5.32 Å². The smallest absolute Gasteiger partial charge is 0.227 e. The topological polar surface area (TPSA) is 64.3 Å². The largest absolute Gasteiger partial charge is 0.497 e. The second kappa shape index (κ2) is 5.40. The predicted molar refractivity (Wildman–Crippen MR) is 70.4 cm³/mol. The van der Waals surface area contributed by atoms with Crippen LogP contribution in [0.1, 0.15) is 18.4 Å². The van der Waals surface area contributed by atoms with Crippen molar-refractivity contribution in [3.8, 4) is 5.75 Å². The van der Waals surface area contributed by atoms with Gasteiger partial charge in [-0.05, 0) is 37.0 Å². The molecule has 1 saturated carbocycles. The lowest BCUT2D eigenvalue weighted by Gasteiger charge is -2.12. The van der Waals surface area contributed by atoms with Crippen molar-refractivity contribution in [1.29, 1.82) is 0 Å². The molecule has 2 rings (SSSR count). The minimum absolute atomic E-state index is 0.110. The van der Waals surface area contributed by atoms with E-state index < -0.39 is 0 Å². The number of nitrogens with one attached hydrogen (secondary N) is 1. The van der Waals surface area contributed by atoms with Gasteiger partial charge in [0.05, 0.1) is 12.5 Å². The summed E-state index contributed by atoms with van der Waals surface area (Å²) in [6.45, 7) is 1.12. The molecule has 1 fully saturated rings. The number of rotatable bonds is 6. The molecule has 1 amide bonds. The number of benzene rings is 1. The average molecular weight is 248 g/mol. The van der Waals surface area contributed by atoms with Gasteiger partial charge in [0, 0.05) is 13.1 Å². The third kappa shape index (κ3) is 2.82. The summed E-state index contributed by atoms with van der Waals surface area (Å²) in [7, 11) is 1.65. The van der Waals surface area contributed by atoms with Gasteiger partial charge in [-0.3, -0.25) is 4.79 Å². The van der Waals surface area contributed by atoms with Crippen molar-refractivity contribution in [3.63, 3.8) is 0 Å². The van der Waals surface area contributed by atoms with Crippen LogP contribution in [-0.2, 0) is 11.2 Å². The normalized spacial score (nSPS) is 16.1. The SMILES string of the molecule is COc1ccc(CCNC(=O)C2(CN)CC2)cc1. The average Bonchev–Trinajstić information content (AvgIpc) is 3.20. The molecule has 98 valence electrons. The lowest BCUT2D eigenvalue weighted by molar-refractivity contribution is -0.125. The Morgan fingerprint density at radius 2 is 2.06 bits per heavy atom. The maximum absolute atomic E-state index is 11.8. The van der Waals surface area contributed by atoms with E-state index in [1.807, 2.05) is 24.3 Å². The van der Waals surface area contributed by atoms with Crippen LogP contribution >= 0.6 is 0 Å². The zero-order valence-electron chi connectivity index (χ0n) is 10.7. The van der Waals surface area contributed by atoms with Crippen LogP contribution in [0.5, 0.6) is 5.75 Å². The molecular weight excluding hydrogens is 228 g/mol. The predicted octanol–water partition coefficient (Wildman–Crippen LogP) is 1.09. The third-order valence-electron chi connectivity index (χ3n) is 3.58. The molecule has 1 aliphatic rings. The summed E-state index contributed by atoms with van der Waals surface area (Å²) in [5.74, 6) is 0.960. The Balaban J connectivity index is 1.76. The van der Waals surface area contributed by atoms with Crippen molar-refractivity contribution < 1.29 is 9.53 Å². The van der Waals surface area contributed by atoms with Gasteiger partial charge in [-0.15, -0.1) is 0 Å². The number of amides is 1. The van der Waals surface area contributed by atoms with Gasteiger partial charge in [-0.25, -0.2) is 0 Å². The first-order chi connectivity index (χ1) is 8.70. The first-order valence-corrected chi connectivity index (χ1v) is 6.31. The number of hydrogen-bond donors (Lipinski definition) is 2. The van der Waals surface area contributed by atoms with E-state index in [4.69, 9.17) is 10.5 Å². The summed E-state index contributed by atoms with van der Waals surface area (Å²) in [4.78, 5) is 11.8. The molecule has 3 N–H and O–H groups in total. The maximum Gasteiger partial charge on any atom is 0.227 e. The fourth-order valence-electron chi connectivity index (χ4n) is 1.97. The Morgan fingerprint density at radius 3 is 2.56 bits per heavy atom. The van der Waals surface area contributed by atoms with Crippen molar-refractivity contribution in [3.05, 3.63) is 29.8 Å². The number of carbonyl (C=O) groups excluding carboxylic acids is 1. The highest BCUT2D eigenvalue weighted by molar-refractivity contribution is 5.85. The minimum Gasteiger partial charge on any atom is -0.497 e. The van der Waals surface area contributed by atoms with Gasteiger partial charge in [-0.1, -0.05) is 12.1 Å². The van der Waals surface area contributed by atoms with Gasteiger partial charge in [0.1, 0.15) is 5.75 Å². The molecule has 18 heavy (non-hydrogen) atoms. The number of nitrogens with two attached hydrogens (primary N) is 1. The fraction of sp³-hybridized carbons (Fsp3) is 0.500. The Hall–Kier alpha value is -1.55. The van der Waals surface area contributed by atoms with E-state index >= 15 is 0 Å². The van der Waals surface area contributed by atoms with Crippen molar-refractivity contribution >= 4 is 5.91 Å². The Kier molecular flexibility index (Phi) is 3.87. The van der Waals surface area contributed by atoms with Crippen LogP contribution < -0.4 is 15.8 Å². The van der Waals surface area contributed by atoms with Gasteiger partial charge >= 0.3 is 0 Å². The quantitative estimate of drug-likeness (QED) is 0.792. The van der Waals surface area contributed by atoms with Crippen LogP contribution in [0.2, 0.25) is 0 Å². The molecule has 0 unspecified atom stereocenters. The van der Waals surface area contributed by atoms with Gasteiger partial charge in [0.2, 0.25) is 5.91 Å². The summed E-state index contributed by atoms with van der Waals surface area (Å²) in [6, 6.07) is 7.89. The first-order valence-electron chi connectivity index (χ1n) is 6.31. The number of carbonyl (C=O) groups is 1. The zero-order valence-corrected chi connectivity index (χ0v) is 10.7. The summed E-state index contributed by atoms with van der Waals surface area (Å²) in [5, 5.41) is 2.96. The van der Waals surface area contributed by atoms with E-state index in [0.717, 1.165) is 25.0 Å². The number of methoxy groups -OCH3 is 1. The lowest BCUT2D eigenvalue weighted by atomic mass is 10.1. The van der Waals surface area contributed by atoms with Crippen molar-refractivity contribution in [2.45, 2.75) is 19.3 Å². The number of ether oxygens (including phenoxy) is 1. The van der Waals surface area contributed by atoms with Gasteiger partial charge in [-0.2, -0.15) is 0 Å². The Morgan fingerprint density at radius 1 is 1.39 bits per heavy atom. The molecule has 0 radical (unpaired) electrons. The van der Waals surface area contributed by atoms with Gasteiger partial charge < -0.3 is 15.8 Å². The summed E-state index contributed by atoms with van der Waals surface area (Å²) in [6.07, 6.45) is 2.69. The van der Waals surface area contributed by atoms with Gasteiger partial charge in [0.15, 0.2) is 0 Å². The second-order valence-electron chi connectivity index (χ2n) is 4.84. The summed E-state index contributed by atoms with van der Waals surface area (Å²) in [5.41, 5.74) is 6.55. The lowest BCUT2D eigenvalue weighted by Crippen LogP contribution is -2.37. The molecule has 1 aliphatic carbocycles. The molecular formula is C14H20N2O2. The van der Waals surface area contributed by atoms with Crippen LogP contribution in [0, 0.1) is 5.41 Å². The van der Waals surface area contributed by atoms with Crippen molar-refractivity contribution in [2.24, 2.45) is 11.1 Å². The highest BCUT2D eigenvalue weighted by Gasteiger charge is 2.48. The molecule has 0 saturated heterocycles. The number of hydrogen-bond acceptors (Lipinski definition) is 3. The molecule has 0 aliphatic heterocycles. The van der Waals surface area contributed by atoms with Gasteiger partial charge in [0.25, 0.3) is 0 Å². The molecule has 0 spiro atoms. The molecule has 4 heteroatoms. The van der Waals surface area contributed by atoms with E-state index in [9.17, 15) is 4.79 Å². The standard InChI is InChI=1S/C14H20N2O2/c1-18-12-4-2-11(3-5-12)6-9-16-13(17)14(10-15)7-8-14/h2-5H,6-10,15H2,1H3,(H,16,17). The molecule has 0 atom stereocenters. The maximum atomic E-state index is 11.8. The fourth-order valence-corrected chi connectivity index (χ4v) is 1.97. The Bertz CT molecular complexity index is 410. The zero-order chi connectivity index (χ0) is 13.0. The van der Waals surface area contributed by atoms with Crippen LogP contribution in [-0.4, -0.2) is 26.1 Å². The summed E-state index contributed by atoms with van der Waals surface area (Å²) >= 11 is 0. The molecule has 4 nitrogen and oxygen atoms in total. The monoisotopic (exact) mass is 248 g/mol. The molecule has 1 aromatic rings. The van der Waals surface area contributed by atoms with E-state index in [-0.39, 0.29) is 11.3 Å². The van der Waals surface area contributed by atoms with Crippen molar-refractivity contribution in [1.82, 2.24) is 5.32 Å². The van der Waals surface area contributed by atoms with Crippen LogP contribution in [0.25, 0.3) is 0 Å². The van der Waals surface area contributed by atoms with Crippen LogP contribution in [0.4, 0.5) is 0 Å².